The van der Waals surface area contributed by atoms with Crippen LogP contribution in [-0.2, 0) is 0 Å². The molecule has 3 rings (SSSR count). The topological polar surface area (TPSA) is 52.9 Å². The number of carbonyl (C=O) groups is 1. The van der Waals surface area contributed by atoms with Crippen LogP contribution in [0.15, 0.2) is 45.3 Å². The lowest BCUT2D eigenvalue weighted by Crippen LogP contribution is -2.37. The summed E-state index contributed by atoms with van der Waals surface area (Å²) in [6, 6.07) is 9.36. The maximum atomic E-state index is 12.6. The number of nitrogens with zero attached hydrogens (tertiary/aromatic N) is 2. The second kappa shape index (κ2) is 5.38. The zero-order chi connectivity index (χ0) is 14.1. The summed E-state index contributed by atoms with van der Waals surface area (Å²) in [4.78, 5) is 15.1. The molecule has 0 spiro atoms. The predicted octanol–water partition coefficient (Wildman–Crippen LogP) is 3.74. The molecule has 1 aromatic carbocycles. The van der Waals surface area contributed by atoms with Gasteiger partial charge in [0.15, 0.2) is 0 Å². The molecule has 0 saturated carbocycles. The molecule has 0 radical (unpaired) electrons. The van der Waals surface area contributed by atoms with E-state index in [-0.39, 0.29) is 5.91 Å². The summed E-state index contributed by atoms with van der Waals surface area (Å²) in [5.74, 6) is -0.0312. The van der Waals surface area contributed by atoms with E-state index in [0.717, 1.165) is 15.7 Å². The number of amides is 1. The summed E-state index contributed by atoms with van der Waals surface area (Å²) in [5.41, 5.74) is 2.22. The van der Waals surface area contributed by atoms with Gasteiger partial charge in [-0.3, -0.25) is 4.79 Å². The number of fused-ring (bicyclic) bond motifs is 1. The van der Waals surface area contributed by atoms with Crippen LogP contribution < -0.4 is 4.90 Å². The standard InChI is InChI=1S/C14H11BrN2O2S/c15-10-6-8-20-13(10)14(18)17-7-5-11(16-19)9-3-1-2-4-12(9)17/h1-4,6,8,19H,5,7H2. The zero-order valence-corrected chi connectivity index (χ0v) is 12.8. The Balaban J connectivity index is 2.04. The number of hydrogen-bond donors (Lipinski definition) is 1. The van der Waals surface area contributed by atoms with Crippen LogP contribution in [0.4, 0.5) is 5.69 Å². The molecular formula is C14H11BrN2O2S. The van der Waals surface area contributed by atoms with E-state index in [9.17, 15) is 4.79 Å². The van der Waals surface area contributed by atoms with Crippen molar-refractivity contribution in [3.05, 3.63) is 50.6 Å². The quantitative estimate of drug-likeness (QED) is 0.629. The van der Waals surface area contributed by atoms with Crippen molar-refractivity contribution < 1.29 is 10.0 Å². The van der Waals surface area contributed by atoms with Crippen LogP contribution in [0, 0.1) is 0 Å². The van der Waals surface area contributed by atoms with Crippen molar-refractivity contribution in [3.63, 3.8) is 0 Å². The molecule has 0 aliphatic carbocycles. The summed E-state index contributed by atoms with van der Waals surface area (Å²) in [7, 11) is 0. The minimum Gasteiger partial charge on any atom is -0.411 e. The number of oxime groups is 1. The molecule has 0 unspecified atom stereocenters. The van der Waals surface area contributed by atoms with Crippen molar-refractivity contribution in [2.75, 3.05) is 11.4 Å². The van der Waals surface area contributed by atoms with E-state index >= 15 is 0 Å². The second-order valence-corrected chi connectivity index (χ2v) is 6.14. The molecule has 0 saturated heterocycles. The van der Waals surface area contributed by atoms with E-state index in [4.69, 9.17) is 5.21 Å². The summed E-state index contributed by atoms with van der Waals surface area (Å²) >= 11 is 4.81. The van der Waals surface area contributed by atoms with E-state index in [1.807, 2.05) is 35.7 Å². The summed E-state index contributed by atoms with van der Waals surface area (Å²) in [6.07, 6.45) is 0.544. The van der Waals surface area contributed by atoms with Gasteiger partial charge in [-0.15, -0.1) is 11.3 Å². The number of benzene rings is 1. The average molecular weight is 351 g/mol. The molecule has 0 fully saturated rings. The maximum absolute atomic E-state index is 12.6. The second-order valence-electron chi connectivity index (χ2n) is 4.37. The Morgan fingerprint density at radius 1 is 1.35 bits per heavy atom. The van der Waals surface area contributed by atoms with Crippen LogP contribution in [0.25, 0.3) is 0 Å². The fourth-order valence-corrected chi connectivity index (χ4v) is 3.80. The fourth-order valence-electron chi connectivity index (χ4n) is 2.31. The normalized spacial score (nSPS) is 16.2. The van der Waals surface area contributed by atoms with Crippen molar-refractivity contribution in [2.45, 2.75) is 6.42 Å². The number of para-hydroxylation sites is 1. The van der Waals surface area contributed by atoms with E-state index < -0.39 is 0 Å². The lowest BCUT2D eigenvalue weighted by molar-refractivity contribution is 0.0990. The number of rotatable bonds is 1. The first-order valence-electron chi connectivity index (χ1n) is 6.07. The molecule has 1 amide bonds. The van der Waals surface area contributed by atoms with Crippen molar-refractivity contribution in [3.8, 4) is 0 Å². The highest BCUT2D eigenvalue weighted by Gasteiger charge is 2.28. The van der Waals surface area contributed by atoms with Gasteiger partial charge >= 0.3 is 0 Å². The van der Waals surface area contributed by atoms with E-state index in [1.165, 1.54) is 11.3 Å². The first-order valence-corrected chi connectivity index (χ1v) is 7.75. The third kappa shape index (κ3) is 2.14. The minimum absolute atomic E-state index is 0.0312. The molecule has 2 heterocycles. The lowest BCUT2D eigenvalue weighted by atomic mass is 9.99. The van der Waals surface area contributed by atoms with E-state index in [1.54, 1.807) is 4.90 Å². The van der Waals surface area contributed by atoms with Gasteiger partial charge in [-0.1, -0.05) is 23.4 Å². The molecular weight excluding hydrogens is 340 g/mol. The Bertz CT molecular complexity index is 696. The molecule has 6 heteroatoms. The van der Waals surface area contributed by atoms with Gasteiger partial charge in [0.2, 0.25) is 0 Å². The smallest absolute Gasteiger partial charge is 0.269 e. The lowest BCUT2D eigenvalue weighted by Gasteiger charge is -2.29. The molecule has 102 valence electrons. The van der Waals surface area contributed by atoms with Gasteiger partial charge in [0, 0.05) is 23.0 Å². The summed E-state index contributed by atoms with van der Waals surface area (Å²) < 4.78 is 0.812. The zero-order valence-electron chi connectivity index (χ0n) is 10.4. The van der Waals surface area contributed by atoms with Gasteiger partial charge in [-0.25, -0.2) is 0 Å². The highest BCUT2D eigenvalue weighted by atomic mass is 79.9. The average Bonchev–Trinajstić information content (AvgIpc) is 2.91. The van der Waals surface area contributed by atoms with Crippen LogP contribution in [-0.4, -0.2) is 23.4 Å². The Labute approximate surface area is 128 Å². The number of carbonyl (C=O) groups excluding carboxylic acids is 1. The van der Waals surface area contributed by atoms with Gasteiger partial charge in [0.1, 0.15) is 4.88 Å². The van der Waals surface area contributed by atoms with E-state index in [0.29, 0.717) is 23.6 Å². The van der Waals surface area contributed by atoms with Crippen LogP contribution in [0.1, 0.15) is 21.7 Å². The van der Waals surface area contributed by atoms with Crippen LogP contribution in [0.3, 0.4) is 0 Å². The predicted molar refractivity (Wildman–Crippen MR) is 83.1 cm³/mol. The fraction of sp³-hybridized carbons (Fsp3) is 0.143. The van der Waals surface area contributed by atoms with Crippen molar-refractivity contribution in [1.29, 1.82) is 0 Å². The largest absolute Gasteiger partial charge is 0.411 e. The van der Waals surface area contributed by atoms with Gasteiger partial charge in [-0.05, 0) is 33.4 Å². The van der Waals surface area contributed by atoms with Crippen LogP contribution >= 0.6 is 27.3 Å². The van der Waals surface area contributed by atoms with Gasteiger partial charge < -0.3 is 10.1 Å². The van der Waals surface area contributed by atoms with Gasteiger partial charge in [0.05, 0.1) is 11.4 Å². The molecule has 4 nitrogen and oxygen atoms in total. The van der Waals surface area contributed by atoms with Crippen LogP contribution in [0.2, 0.25) is 0 Å². The van der Waals surface area contributed by atoms with Crippen molar-refractivity contribution in [1.82, 2.24) is 0 Å². The molecule has 1 N–H and O–H groups in total. The molecule has 0 bridgehead atoms. The Morgan fingerprint density at radius 3 is 2.85 bits per heavy atom. The SMILES string of the molecule is O=C(c1sccc1Br)N1CCC(=NO)c2ccccc21. The Morgan fingerprint density at radius 2 is 2.15 bits per heavy atom. The maximum Gasteiger partial charge on any atom is 0.269 e. The third-order valence-corrected chi connectivity index (χ3v) is 5.08. The van der Waals surface area contributed by atoms with Gasteiger partial charge in [-0.2, -0.15) is 0 Å². The first-order chi connectivity index (χ1) is 9.72. The third-order valence-electron chi connectivity index (χ3n) is 3.26. The summed E-state index contributed by atoms with van der Waals surface area (Å²) in [6.45, 7) is 0.513. The monoisotopic (exact) mass is 350 g/mol. The van der Waals surface area contributed by atoms with E-state index in [2.05, 4.69) is 21.1 Å². The first kappa shape index (κ1) is 13.3. The van der Waals surface area contributed by atoms with Crippen LogP contribution in [0.5, 0.6) is 0 Å². The molecule has 1 aliphatic rings. The highest BCUT2D eigenvalue weighted by molar-refractivity contribution is 9.10. The number of halogens is 1. The number of hydrogen-bond acceptors (Lipinski definition) is 4. The summed E-state index contributed by atoms with van der Waals surface area (Å²) in [5, 5.41) is 14.3. The Hall–Kier alpha value is -1.66. The molecule has 2 aromatic rings. The molecule has 0 atom stereocenters. The highest BCUT2D eigenvalue weighted by Crippen LogP contribution is 2.31. The number of thiophene rings is 1. The Kier molecular flexibility index (Phi) is 3.58. The molecule has 1 aliphatic heterocycles. The molecule has 1 aromatic heterocycles. The number of anilines is 1. The van der Waals surface area contributed by atoms with Crippen molar-refractivity contribution >= 4 is 44.6 Å². The van der Waals surface area contributed by atoms with Gasteiger partial charge in [0.25, 0.3) is 5.91 Å². The minimum atomic E-state index is -0.0312. The molecule has 20 heavy (non-hydrogen) atoms. The van der Waals surface area contributed by atoms with Crippen molar-refractivity contribution in [2.24, 2.45) is 5.16 Å².